The maximum atomic E-state index is 12.6. The zero-order valence-electron chi connectivity index (χ0n) is 10.0. The topological polar surface area (TPSA) is 84.6 Å². The number of aromatic nitrogens is 2. The lowest BCUT2D eigenvalue weighted by atomic mass is 9.80. The second kappa shape index (κ2) is 6.07. The van der Waals surface area contributed by atoms with Crippen molar-refractivity contribution in [3.05, 3.63) is 11.9 Å². The highest BCUT2D eigenvalue weighted by molar-refractivity contribution is 6.59. The van der Waals surface area contributed by atoms with Crippen molar-refractivity contribution < 1.29 is 32.8 Å². The van der Waals surface area contributed by atoms with E-state index in [1.165, 1.54) is 7.11 Å². The van der Waals surface area contributed by atoms with E-state index in [1.807, 2.05) is 0 Å². The Bertz CT molecular complexity index is 447. The predicted molar refractivity (Wildman–Crippen MR) is 58.3 cm³/mol. The van der Waals surface area contributed by atoms with E-state index in [0.29, 0.717) is 0 Å². The molecule has 0 unspecified atom stereocenters. The van der Waals surface area contributed by atoms with Gasteiger partial charge in [0.05, 0.1) is 7.11 Å². The molecule has 0 aromatic carbocycles. The van der Waals surface area contributed by atoms with E-state index >= 15 is 0 Å². The third-order valence-corrected chi connectivity index (χ3v) is 2.33. The zero-order chi connectivity index (χ0) is 14.6. The molecule has 0 bridgehead atoms. The van der Waals surface area contributed by atoms with Gasteiger partial charge in [-0.3, -0.25) is 9.48 Å². The Morgan fingerprint density at radius 3 is 2.58 bits per heavy atom. The molecule has 19 heavy (non-hydrogen) atoms. The molecular weight excluding hydrogens is 268 g/mol. The molecule has 0 radical (unpaired) electrons. The summed E-state index contributed by atoms with van der Waals surface area (Å²) in [6, 6.07) is 0. The molecule has 10 heteroatoms. The number of methoxy groups -OCH3 is 1. The van der Waals surface area contributed by atoms with Gasteiger partial charge in [0.15, 0.2) is 5.69 Å². The molecule has 0 spiro atoms. The average Bonchev–Trinajstić information content (AvgIpc) is 2.73. The van der Waals surface area contributed by atoms with Gasteiger partial charge in [-0.25, -0.2) is 0 Å². The van der Waals surface area contributed by atoms with Crippen molar-refractivity contribution in [3.63, 3.8) is 0 Å². The Hall–Kier alpha value is -1.55. The molecule has 0 amide bonds. The van der Waals surface area contributed by atoms with Gasteiger partial charge < -0.3 is 14.8 Å². The van der Waals surface area contributed by atoms with Crippen LogP contribution in [-0.4, -0.2) is 40.0 Å². The maximum absolute atomic E-state index is 12.6. The number of esters is 1. The number of aryl methyl sites for hydroxylation is 1. The van der Waals surface area contributed by atoms with Crippen LogP contribution in [0.4, 0.5) is 13.2 Å². The van der Waals surface area contributed by atoms with Crippen molar-refractivity contribution in [2.75, 3.05) is 7.11 Å². The molecule has 1 aromatic rings. The number of carbonyl (C=O) groups excluding carboxylic acids is 1. The summed E-state index contributed by atoms with van der Waals surface area (Å²) >= 11 is 0. The fourth-order valence-corrected chi connectivity index (χ4v) is 1.45. The first-order valence-corrected chi connectivity index (χ1v) is 5.33. The van der Waals surface area contributed by atoms with Crippen LogP contribution in [-0.2, 0) is 22.3 Å². The van der Waals surface area contributed by atoms with Crippen molar-refractivity contribution in [1.29, 1.82) is 0 Å². The molecule has 0 aliphatic heterocycles. The molecule has 6 nitrogen and oxygen atoms in total. The van der Waals surface area contributed by atoms with Gasteiger partial charge in [-0.2, -0.15) is 18.3 Å². The minimum Gasteiger partial charge on any atom is -0.469 e. The minimum atomic E-state index is -4.77. The number of nitrogens with zero attached hydrogens (tertiary/aromatic N) is 2. The van der Waals surface area contributed by atoms with E-state index in [4.69, 9.17) is 10.0 Å². The second-order valence-corrected chi connectivity index (χ2v) is 3.75. The number of carbonyl (C=O) groups is 1. The summed E-state index contributed by atoms with van der Waals surface area (Å²) in [6.07, 6.45) is -3.61. The molecular formula is C9H12BF3N2O4. The van der Waals surface area contributed by atoms with Crippen molar-refractivity contribution in [2.24, 2.45) is 0 Å². The van der Waals surface area contributed by atoms with Crippen molar-refractivity contribution in [3.8, 4) is 0 Å². The minimum absolute atomic E-state index is 0.0326. The molecule has 0 aliphatic carbocycles. The van der Waals surface area contributed by atoms with Crippen molar-refractivity contribution in [1.82, 2.24) is 9.78 Å². The smallest absolute Gasteiger partial charge is 0.469 e. The van der Waals surface area contributed by atoms with Crippen LogP contribution in [0.15, 0.2) is 6.20 Å². The first-order chi connectivity index (χ1) is 8.75. The first kappa shape index (κ1) is 15.5. The van der Waals surface area contributed by atoms with Gasteiger partial charge in [0.1, 0.15) is 0 Å². The third kappa shape index (κ3) is 4.25. The van der Waals surface area contributed by atoms with E-state index in [1.54, 1.807) is 0 Å². The molecule has 1 aromatic heterocycles. The number of hydrogen-bond donors (Lipinski definition) is 2. The normalized spacial score (nSPS) is 11.5. The summed E-state index contributed by atoms with van der Waals surface area (Å²) in [6.45, 7) is 0.0326. The van der Waals surface area contributed by atoms with Gasteiger partial charge in [0.2, 0.25) is 0 Å². The fraction of sp³-hybridized carbons (Fsp3) is 0.556. The lowest BCUT2D eigenvalue weighted by Gasteiger charge is -2.04. The van der Waals surface area contributed by atoms with E-state index in [-0.39, 0.29) is 19.4 Å². The average molecular weight is 280 g/mol. The van der Waals surface area contributed by atoms with Crippen LogP contribution in [0.1, 0.15) is 18.5 Å². The van der Waals surface area contributed by atoms with Crippen molar-refractivity contribution in [2.45, 2.75) is 25.6 Å². The number of halogens is 3. The number of rotatable bonds is 5. The highest BCUT2D eigenvalue weighted by Gasteiger charge is 2.40. The quantitative estimate of drug-likeness (QED) is 0.563. The number of hydrogen-bond acceptors (Lipinski definition) is 5. The Morgan fingerprint density at radius 2 is 2.16 bits per heavy atom. The summed E-state index contributed by atoms with van der Waals surface area (Å²) in [5.74, 6) is -0.481. The van der Waals surface area contributed by atoms with Crippen LogP contribution in [0.2, 0.25) is 0 Å². The van der Waals surface area contributed by atoms with Crippen LogP contribution in [0.25, 0.3) is 0 Å². The SMILES string of the molecule is COC(=O)CCCn1cc(B(O)O)c(C(F)(F)F)n1. The molecule has 0 atom stereocenters. The summed E-state index contributed by atoms with van der Waals surface area (Å²) in [7, 11) is -1.05. The maximum Gasteiger partial charge on any atom is 0.492 e. The number of alkyl halides is 3. The molecule has 0 fully saturated rings. The van der Waals surface area contributed by atoms with Crippen LogP contribution in [0.3, 0.4) is 0 Å². The van der Waals surface area contributed by atoms with Gasteiger partial charge in [-0.05, 0) is 6.42 Å². The summed E-state index contributed by atoms with van der Waals surface area (Å²) < 4.78 is 43.0. The molecule has 1 heterocycles. The van der Waals surface area contributed by atoms with E-state index in [0.717, 1.165) is 10.9 Å². The summed E-state index contributed by atoms with van der Waals surface area (Å²) in [5, 5.41) is 21.0. The molecule has 106 valence electrons. The highest BCUT2D eigenvalue weighted by Crippen LogP contribution is 2.26. The van der Waals surface area contributed by atoms with Crippen LogP contribution in [0, 0.1) is 0 Å². The van der Waals surface area contributed by atoms with Crippen molar-refractivity contribution >= 4 is 18.6 Å². The van der Waals surface area contributed by atoms with Gasteiger partial charge in [-0.15, -0.1) is 0 Å². The van der Waals surface area contributed by atoms with Gasteiger partial charge in [0, 0.05) is 24.6 Å². The van der Waals surface area contributed by atoms with Gasteiger partial charge >= 0.3 is 19.3 Å². The summed E-state index contributed by atoms with van der Waals surface area (Å²) in [5.41, 5.74) is -2.06. The van der Waals surface area contributed by atoms with Crippen LogP contribution >= 0.6 is 0 Å². The molecule has 1 rings (SSSR count). The lowest BCUT2D eigenvalue weighted by Crippen LogP contribution is -2.34. The van der Waals surface area contributed by atoms with Gasteiger partial charge in [0.25, 0.3) is 0 Å². The largest absolute Gasteiger partial charge is 0.492 e. The summed E-state index contributed by atoms with van der Waals surface area (Å²) in [4.78, 5) is 10.8. The fourth-order valence-electron chi connectivity index (χ4n) is 1.45. The van der Waals surface area contributed by atoms with E-state index < -0.39 is 30.4 Å². The molecule has 0 saturated heterocycles. The monoisotopic (exact) mass is 280 g/mol. The Balaban J connectivity index is 2.78. The first-order valence-electron chi connectivity index (χ1n) is 5.33. The predicted octanol–water partition coefficient (Wildman–Crippen LogP) is -0.465. The second-order valence-electron chi connectivity index (χ2n) is 3.75. The van der Waals surface area contributed by atoms with E-state index in [2.05, 4.69) is 9.84 Å². The third-order valence-electron chi connectivity index (χ3n) is 2.33. The van der Waals surface area contributed by atoms with E-state index in [9.17, 15) is 18.0 Å². The highest BCUT2D eigenvalue weighted by atomic mass is 19.4. The number of ether oxygens (including phenoxy) is 1. The molecule has 2 N–H and O–H groups in total. The molecule has 0 saturated carbocycles. The Morgan fingerprint density at radius 1 is 1.53 bits per heavy atom. The Labute approximate surface area is 106 Å². The van der Waals surface area contributed by atoms with Crippen LogP contribution < -0.4 is 5.46 Å². The van der Waals surface area contributed by atoms with Gasteiger partial charge in [-0.1, -0.05) is 0 Å². The lowest BCUT2D eigenvalue weighted by molar-refractivity contribution is -0.142. The molecule has 0 aliphatic rings. The van der Waals surface area contributed by atoms with Crippen LogP contribution in [0.5, 0.6) is 0 Å². The Kier molecular flexibility index (Phi) is 4.95. The zero-order valence-corrected chi connectivity index (χ0v) is 10.0. The standard InChI is InChI=1S/C9H12BF3N2O4/c1-19-7(16)3-2-4-15-5-6(10(17)18)8(14-15)9(11,12)13/h5,17-18H,2-4H2,1H3.